The molecule has 1 aromatic carbocycles. The van der Waals surface area contributed by atoms with Gasteiger partial charge in [-0.05, 0) is 37.0 Å². The smallest absolute Gasteiger partial charge is 0.220 e. The van der Waals surface area contributed by atoms with Crippen molar-refractivity contribution in [1.82, 2.24) is 5.32 Å². The van der Waals surface area contributed by atoms with Crippen LogP contribution in [0.15, 0.2) is 24.3 Å². The zero-order valence-corrected chi connectivity index (χ0v) is 11.6. The number of amides is 2. The minimum atomic E-state index is -0.336. The lowest BCUT2D eigenvalue weighted by molar-refractivity contribution is -0.122. The molecule has 0 aromatic heterocycles. The van der Waals surface area contributed by atoms with E-state index in [1.807, 2.05) is 24.3 Å². The number of nitrogens with one attached hydrogen (secondary N) is 1. The second-order valence-electron chi connectivity index (χ2n) is 4.40. The van der Waals surface area contributed by atoms with Crippen molar-refractivity contribution in [2.45, 2.75) is 32.1 Å². The van der Waals surface area contributed by atoms with Crippen LogP contribution in [0.25, 0.3) is 0 Å². The molecular formula is C14H19ClN2O2. The molecule has 2 amide bonds. The fourth-order valence-electron chi connectivity index (χ4n) is 1.68. The maximum atomic E-state index is 11.5. The summed E-state index contributed by atoms with van der Waals surface area (Å²) in [5.41, 5.74) is 6.18. The van der Waals surface area contributed by atoms with Crippen molar-refractivity contribution in [2.24, 2.45) is 5.73 Å². The van der Waals surface area contributed by atoms with E-state index in [2.05, 4.69) is 5.32 Å². The standard InChI is InChI=1S/C14H19ClN2O2/c15-12-8-6-11(7-9-12)3-1-5-14(19)17-10-2-4-13(16)18/h6-9H,1-5,10H2,(H2,16,18)(H,17,19). The van der Waals surface area contributed by atoms with E-state index in [9.17, 15) is 9.59 Å². The number of nitrogens with two attached hydrogens (primary N) is 1. The summed E-state index contributed by atoms with van der Waals surface area (Å²) >= 11 is 5.79. The largest absolute Gasteiger partial charge is 0.370 e. The van der Waals surface area contributed by atoms with Gasteiger partial charge in [-0.15, -0.1) is 0 Å². The molecule has 0 saturated heterocycles. The fraction of sp³-hybridized carbons (Fsp3) is 0.429. The van der Waals surface area contributed by atoms with E-state index < -0.39 is 0 Å². The van der Waals surface area contributed by atoms with E-state index in [4.69, 9.17) is 17.3 Å². The number of hydrogen-bond acceptors (Lipinski definition) is 2. The van der Waals surface area contributed by atoms with E-state index in [1.54, 1.807) is 0 Å². The summed E-state index contributed by atoms with van der Waals surface area (Å²) in [7, 11) is 0. The molecule has 0 saturated carbocycles. The van der Waals surface area contributed by atoms with Crippen LogP contribution < -0.4 is 11.1 Å². The molecule has 104 valence electrons. The lowest BCUT2D eigenvalue weighted by Gasteiger charge is -2.04. The molecule has 1 aromatic rings. The predicted octanol–water partition coefficient (Wildman–Crippen LogP) is 2.04. The van der Waals surface area contributed by atoms with E-state index in [0.717, 1.165) is 17.9 Å². The summed E-state index contributed by atoms with van der Waals surface area (Å²) in [6, 6.07) is 7.63. The highest BCUT2D eigenvalue weighted by Gasteiger charge is 2.02. The number of primary amides is 1. The van der Waals surface area contributed by atoms with Gasteiger partial charge in [0.05, 0.1) is 0 Å². The summed E-state index contributed by atoms with van der Waals surface area (Å²) in [6.45, 7) is 0.503. The Balaban J connectivity index is 2.10. The van der Waals surface area contributed by atoms with Crippen LogP contribution in [-0.2, 0) is 16.0 Å². The van der Waals surface area contributed by atoms with Gasteiger partial charge in [-0.1, -0.05) is 23.7 Å². The van der Waals surface area contributed by atoms with Gasteiger partial charge in [-0.2, -0.15) is 0 Å². The number of carbonyl (C=O) groups excluding carboxylic acids is 2. The summed E-state index contributed by atoms with van der Waals surface area (Å²) in [5, 5.41) is 3.48. The van der Waals surface area contributed by atoms with E-state index in [0.29, 0.717) is 25.8 Å². The zero-order valence-electron chi connectivity index (χ0n) is 10.8. The molecule has 0 heterocycles. The fourth-order valence-corrected chi connectivity index (χ4v) is 1.81. The molecule has 3 N–H and O–H groups in total. The van der Waals surface area contributed by atoms with Crippen LogP contribution >= 0.6 is 11.6 Å². The van der Waals surface area contributed by atoms with Crippen molar-refractivity contribution in [3.63, 3.8) is 0 Å². The Kier molecular flexibility index (Phi) is 6.97. The molecule has 0 bridgehead atoms. The molecule has 0 radical (unpaired) electrons. The molecule has 0 unspecified atom stereocenters. The average molecular weight is 283 g/mol. The Hall–Kier alpha value is -1.55. The molecule has 1 rings (SSSR count). The van der Waals surface area contributed by atoms with Crippen molar-refractivity contribution >= 4 is 23.4 Å². The van der Waals surface area contributed by atoms with Crippen molar-refractivity contribution in [2.75, 3.05) is 6.54 Å². The van der Waals surface area contributed by atoms with Crippen LogP contribution in [-0.4, -0.2) is 18.4 Å². The second-order valence-corrected chi connectivity index (χ2v) is 4.84. The van der Waals surface area contributed by atoms with Gasteiger partial charge >= 0.3 is 0 Å². The molecule has 0 fully saturated rings. The maximum absolute atomic E-state index is 11.5. The number of halogens is 1. The van der Waals surface area contributed by atoms with Crippen molar-refractivity contribution in [3.05, 3.63) is 34.9 Å². The molecule has 5 heteroatoms. The number of benzene rings is 1. The van der Waals surface area contributed by atoms with Crippen LogP contribution in [0.5, 0.6) is 0 Å². The molecule has 19 heavy (non-hydrogen) atoms. The van der Waals surface area contributed by atoms with Gasteiger partial charge in [0, 0.05) is 24.4 Å². The van der Waals surface area contributed by atoms with Crippen molar-refractivity contribution in [3.8, 4) is 0 Å². The van der Waals surface area contributed by atoms with Crippen LogP contribution in [0, 0.1) is 0 Å². The van der Waals surface area contributed by atoms with E-state index >= 15 is 0 Å². The van der Waals surface area contributed by atoms with Crippen LogP contribution in [0.2, 0.25) is 5.02 Å². The molecule has 0 spiro atoms. The molecule has 0 aliphatic carbocycles. The Labute approximate surface area is 118 Å². The zero-order chi connectivity index (χ0) is 14.1. The van der Waals surface area contributed by atoms with Gasteiger partial charge < -0.3 is 11.1 Å². The lowest BCUT2D eigenvalue weighted by Crippen LogP contribution is -2.25. The monoisotopic (exact) mass is 282 g/mol. The summed E-state index contributed by atoms with van der Waals surface area (Å²) in [6.07, 6.45) is 3.04. The van der Waals surface area contributed by atoms with Gasteiger partial charge in [0.15, 0.2) is 0 Å². The Morgan fingerprint density at radius 3 is 2.42 bits per heavy atom. The van der Waals surface area contributed by atoms with Crippen molar-refractivity contribution < 1.29 is 9.59 Å². The highest BCUT2D eigenvalue weighted by atomic mass is 35.5. The minimum absolute atomic E-state index is 0.0124. The van der Waals surface area contributed by atoms with Crippen molar-refractivity contribution in [1.29, 1.82) is 0 Å². The number of aryl methyl sites for hydroxylation is 1. The molecule has 0 atom stereocenters. The first-order valence-corrected chi connectivity index (χ1v) is 6.75. The first kappa shape index (κ1) is 15.5. The van der Waals surface area contributed by atoms with Crippen LogP contribution in [0.1, 0.15) is 31.2 Å². The predicted molar refractivity (Wildman–Crippen MR) is 75.8 cm³/mol. The van der Waals surface area contributed by atoms with Gasteiger partial charge in [0.2, 0.25) is 11.8 Å². The van der Waals surface area contributed by atoms with Gasteiger partial charge in [0.25, 0.3) is 0 Å². The quantitative estimate of drug-likeness (QED) is 0.716. The summed E-state index contributed by atoms with van der Waals surface area (Å²) in [4.78, 5) is 22.0. The molecule has 4 nitrogen and oxygen atoms in total. The Morgan fingerprint density at radius 2 is 1.79 bits per heavy atom. The molecule has 0 aliphatic heterocycles. The minimum Gasteiger partial charge on any atom is -0.370 e. The SMILES string of the molecule is NC(=O)CCCNC(=O)CCCc1ccc(Cl)cc1. The highest BCUT2D eigenvalue weighted by molar-refractivity contribution is 6.30. The topological polar surface area (TPSA) is 72.2 Å². The lowest BCUT2D eigenvalue weighted by atomic mass is 10.1. The number of carbonyl (C=O) groups is 2. The van der Waals surface area contributed by atoms with Gasteiger partial charge in [-0.25, -0.2) is 0 Å². The van der Waals surface area contributed by atoms with E-state index in [1.165, 1.54) is 5.56 Å². The maximum Gasteiger partial charge on any atom is 0.220 e. The first-order valence-electron chi connectivity index (χ1n) is 6.37. The Bertz CT molecular complexity index is 418. The van der Waals surface area contributed by atoms with Gasteiger partial charge in [-0.3, -0.25) is 9.59 Å². The summed E-state index contributed by atoms with van der Waals surface area (Å²) in [5.74, 6) is -0.324. The average Bonchev–Trinajstić information content (AvgIpc) is 2.37. The number of rotatable bonds is 8. The van der Waals surface area contributed by atoms with Gasteiger partial charge in [0.1, 0.15) is 0 Å². The molecular weight excluding hydrogens is 264 g/mol. The van der Waals surface area contributed by atoms with Crippen LogP contribution in [0.4, 0.5) is 0 Å². The number of hydrogen-bond donors (Lipinski definition) is 2. The summed E-state index contributed by atoms with van der Waals surface area (Å²) < 4.78 is 0. The third kappa shape index (κ3) is 7.47. The highest BCUT2D eigenvalue weighted by Crippen LogP contribution is 2.11. The second kappa shape index (κ2) is 8.53. The van der Waals surface area contributed by atoms with Crippen LogP contribution in [0.3, 0.4) is 0 Å². The third-order valence-corrected chi connectivity index (χ3v) is 2.96. The third-order valence-electron chi connectivity index (χ3n) is 2.70. The normalized spacial score (nSPS) is 10.2. The Morgan fingerprint density at radius 1 is 1.11 bits per heavy atom. The van der Waals surface area contributed by atoms with E-state index in [-0.39, 0.29) is 11.8 Å². The first-order chi connectivity index (χ1) is 9.08. The molecule has 0 aliphatic rings.